The summed E-state index contributed by atoms with van der Waals surface area (Å²) in [4.78, 5) is 18.3. The van der Waals surface area contributed by atoms with Crippen LogP contribution >= 0.6 is 0 Å². The molecule has 5 nitrogen and oxygen atoms in total. The number of ether oxygens (including phenoxy) is 1. The smallest absolute Gasteiger partial charge is 0.422 e. The Morgan fingerprint density at radius 2 is 2.00 bits per heavy atom. The van der Waals surface area contributed by atoms with Gasteiger partial charge in [-0.05, 0) is 43.2 Å². The van der Waals surface area contributed by atoms with Crippen molar-refractivity contribution in [1.82, 2.24) is 10.3 Å². The molecule has 0 saturated carbocycles. The molecule has 1 saturated heterocycles. The molecule has 0 aliphatic carbocycles. The maximum absolute atomic E-state index is 13.3. The van der Waals surface area contributed by atoms with Gasteiger partial charge in [-0.3, -0.25) is 9.78 Å². The maximum atomic E-state index is 13.3. The molecule has 1 amide bonds. The summed E-state index contributed by atoms with van der Waals surface area (Å²) in [7, 11) is 0. The first-order valence-electron chi connectivity index (χ1n) is 9.62. The first kappa shape index (κ1) is 21.9. The van der Waals surface area contributed by atoms with Gasteiger partial charge < -0.3 is 15.0 Å². The van der Waals surface area contributed by atoms with Crippen molar-refractivity contribution in [2.24, 2.45) is 0 Å². The number of hydrogen-bond acceptors (Lipinski definition) is 4. The van der Waals surface area contributed by atoms with Crippen molar-refractivity contribution >= 4 is 11.6 Å². The van der Waals surface area contributed by atoms with Gasteiger partial charge in [0.1, 0.15) is 11.9 Å². The van der Waals surface area contributed by atoms with Crippen LogP contribution in [0.15, 0.2) is 42.6 Å². The van der Waals surface area contributed by atoms with Crippen molar-refractivity contribution in [1.29, 1.82) is 0 Å². The number of pyridine rings is 1. The SMILES string of the molecule is C[C@@H](NC(=O)Cc1ccc(N2CC[C@H](F)C2)cc1)c1ccc(OCC(F)(F)F)cn1. The van der Waals surface area contributed by atoms with E-state index in [-0.39, 0.29) is 18.1 Å². The number of carbonyl (C=O) groups is 1. The summed E-state index contributed by atoms with van der Waals surface area (Å²) < 4.78 is 54.5. The van der Waals surface area contributed by atoms with Crippen LogP contribution in [0.5, 0.6) is 5.75 Å². The Hall–Kier alpha value is -2.84. The Labute approximate surface area is 172 Å². The predicted octanol–water partition coefficient (Wildman–Crippen LogP) is 3.99. The molecular formula is C21H23F4N3O2. The van der Waals surface area contributed by atoms with Crippen molar-refractivity contribution < 1.29 is 27.1 Å². The van der Waals surface area contributed by atoms with Gasteiger partial charge in [0.15, 0.2) is 6.61 Å². The minimum Gasteiger partial charge on any atom is -0.483 e. The van der Waals surface area contributed by atoms with Crippen LogP contribution in [-0.2, 0) is 11.2 Å². The Balaban J connectivity index is 1.49. The van der Waals surface area contributed by atoms with E-state index < -0.39 is 25.0 Å². The Morgan fingerprint density at radius 3 is 2.57 bits per heavy atom. The maximum Gasteiger partial charge on any atom is 0.422 e. The third-order valence-electron chi connectivity index (χ3n) is 4.78. The minimum atomic E-state index is -4.41. The summed E-state index contributed by atoms with van der Waals surface area (Å²) in [6.07, 6.45) is -3.31. The van der Waals surface area contributed by atoms with Gasteiger partial charge in [-0.1, -0.05) is 12.1 Å². The molecule has 0 spiro atoms. The van der Waals surface area contributed by atoms with E-state index in [0.717, 1.165) is 11.3 Å². The molecule has 1 aromatic carbocycles. The van der Waals surface area contributed by atoms with Crippen molar-refractivity contribution in [3.05, 3.63) is 53.9 Å². The summed E-state index contributed by atoms with van der Waals surface area (Å²) in [6.45, 7) is 1.43. The molecule has 1 fully saturated rings. The van der Waals surface area contributed by atoms with Gasteiger partial charge in [0.05, 0.1) is 24.4 Å². The highest BCUT2D eigenvalue weighted by Crippen LogP contribution is 2.23. The van der Waals surface area contributed by atoms with Crippen LogP contribution in [0.2, 0.25) is 0 Å². The average molecular weight is 425 g/mol. The van der Waals surface area contributed by atoms with Gasteiger partial charge in [0.2, 0.25) is 5.91 Å². The molecule has 2 atom stereocenters. The first-order chi connectivity index (χ1) is 14.2. The van der Waals surface area contributed by atoms with Crippen LogP contribution in [-0.4, -0.2) is 42.9 Å². The number of alkyl halides is 4. The highest BCUT2D eigenvalue weighted by Gasteiger charge is 2.28. The molecule has 1 aromatic heterocycles. The zero-order chi connectivity index (χ0) is 21.7. The second-order valence-corrected chi connectivity index (χ2v) is 7.29. The standard InChI is InChI=1S/C21H23F4N3O2/c1-14(19-7-6-18(11-26-19)30-13-21(23,24)25)27-20(29)10-15-2-4-17(5-3-15)28-9-8-16(22)12-28/h2-7,11,14,16H,8-10,12-13H2,1H3,(H,27,29)/t14-,16+/m1/s1. The number of hydrogen-bond donors (Lipinski definition) is 1. The Morgan fingerprint density at radius 1 is 1.27 bits per heavy atom. The van der Waals surface area contributed by atoms with Crippen molar-refractivity contribution in [2.45, 2.75) is 38.2 Å². The van der Waals surface area contributed by atoms with Gasteiger partial charge in [-0.2, -0.15) is 13.2 Å². The highest BCUT2D eigenvalue weighted by atomic mass is 19.4. The van der Waals surface area contributed by atoms with Gasteiger partial charge in [-0.15, -0.1) is 0 Å². The van der Waals surface area contributed by atoms with Crippen LogP contribution in [0.3, 0.4) is 0 Å². The fourth-order valence-electron chi connectivity index (χ4n) is 3.23. The lowest BCUT2D eigenvalue weighted by atomic mass is 10.1. The fraction of sp³-hybridized carbons (Fsp3) is 0.429. The van der Waals surface area contributed by atoms with Crippen LogP contribution in [0.4, 0.5) is 23.2 Å². The van der Waals surface area contributed by atoms with E-state index in [1.165, 1.54) is 18.3 Å². The molecule has 1 aliphatic heterocycles. The number of nitrogens with zero attached hydrogens (tertiary/aromatic N) is 2. The zero-order valence-corrected chi connectivity index (χ0v) is 16.5. The minimum absolute atomic E-state index is 0.00627. The summed E-state index contributed by atoms with van der Waals surface area (Å²) in [5.41, 5.74) is 2.26. The second kappa shape index (κ2) is 9.32. The van der Waals surface area contributed by atoms with Gasteiger partial charge in [0, 0.05) is 18.8 Å². The molecule has 2 heterocycles. The van der Waals surface area contributed by atoms with E-state index >= 15 is 0 Å². The van der Waals surface area contributed by atoms with E-state index in [1.54, 1.807) is 6.92 Å². The summed E-state index contributed by atoms with van der Waals surface area (Å²) in [5, 5.41) is 2.81. The lowest BCUT2D eigenvalue weighted by molar-refractivity contribution is -0.153. The Bertz CT molecular complexity index is 841. The van der Waals surface area contributed by atoms with E-state index in [0.29, 0.717) is 25.2 Å². The molecule has 162 valence electrons. The first-order valence-corrected chi connectivity index (χ1v) is 9.62. The monoisotopic (exact) mass is 425 g/mol. The highest BCUT2D eigenvalue weighted by molar-refractivity contribution is 5.79. The lowest BCUT2D eigenvalue weighted by Gasteiger charge is -2.18. The van der Waals surface area contributed by atoms with Crippen LogP contribution in [0, 0.1) is 0 Å². The molecule has 0 radical (unpaired) electrons. The summed E-state index contributed by atoms with van der Waals surface area (Å²) in [5.74, 6) is -0.203. The normalized spacial score (nSPS) is 17.6. The largest absolute Gasteiger partial charge is 0.483 e. The average Bonchev–Trinajstić information content (AvgIpc) is 3.13. The topological polar surface area (TPSA) is 54.5 Å². The number of rotatable bonds is 7. The quantitative estimate of drug-likeness (QED) is 0.682. The van der Waals surface area contributed by atoms with Crippen molar-refractivity contribution in [3.8, 4) is 5.75 Å². The summed E-state index contributed by atoms with van der Waals surface area (Å²) in [6, 6.07) is 9.93. The second-order valence-electron chi connectivity index (χ2n) is 7.29. The third-order valence-corrected chi connectivity index (χ3v) is 4.78. The number of carbonyl (C=O) groups excluding carboxylic acids is 1. The molecule has 30 heavy (non-hydrogen) atoms. The molecule has 3 rings (SSSR count). The van der Waals surface area contributed by atoms with E-state index in [1.807, 2.05) is 29.2 Å². The fourth-order valence-corrected chi connectivity index (χ4v) is 3.23. The number of benzene rings is 1. The van der Waals surface area contributed by atoms with Gasteiger partial charge >= 0.3 is 6.18 Å². The predicted molar refractivity (Wildman–Crippen MR) is 104 cm³/mol. The van der Waals surface area contributed by atoms with Gasteiger partial charge in [-0.25, -0.2) is 4.39 Å². The van der Waals surface area contributed by atoms with Crippen LogP contribution in [0.25, 0.3) is 0 Å². The van der Waals surface area contributed by atoms with E-state index in [4.69, 9.17) is 0 Å². The van der Waals surface area contributed by atoms with E-state index in [9.17, 15) is 22.4 Å². The number of aromatic nitrogens is 1. The third kappa shape index (κ3) is 6.33. The van der Waals surface area contributed by atoms with Crippen molar-refractivity contribution in [3.63, 3.8) is 0 Å². The molecule has 1 aliphatic rings. The molecule has 0 bridgehead atoms. The summed E-state index contributed by atoms with van der Waals surface area (Å²) >= 11 is 0. The number of anilines is 1. The lowest BCUT2D eigenvalue weighted by Crippen LogP contribution is -2.28. The molecule has 1 N–H and O–H groups in total. The molecule has 9 heteroatoms. The molecular weight excluding hydrogens is 402 g/mol. The Kier molecular flexibility index (Phi) is 6.79. The van der Waals surface area contributed by atoms with Crippen LogP contribution in [0.1, 0.15) is 30.6 Å². The van der Waals surface area contributed by atoms with Gasteiger partial charge in [0.25, 0.3) is 0 Å². The number of amides is 1. The number of nitrogens with one attached hydrogen (secondary N) is 1. The molecule has 0 unspecified atom stereocenters. The molecule has 2 aromatic rings. The zero-order valence-electron chi connectivity index (χ0n) is 16.5. The number of halogens is 4. The van der Waals surface area contributed by atoms with Crippen LogP contribution < -0.4 is 15.0 Å². The van der Waals surface area contributed by atoms with Crippen molar-refractivity contribution in [2.75, 3.05) is 24.6 Å². The van der Waals surface area contributed by atoms with E-state index in [2.05, 4.69) is 15.0 Å².